The van der Waals surface area contributed by atoms with Gasteiger partial charge < -0.3 is 10.0 Å². The SMILES string of the molecule is CC(CN1CCN(C(=O)C2CC2)CC1)C(=O)O. The van der Waals surface area contributed by atoms with Crippen molar-refractivity contribution in [2.75, 3.05) is 32.7 Å². The molecule has 1 unspecified atom stereocenters. The topological polar surface area (TPSA) is 60.9 Å². The standard InChI is InChI=1S/C12H20N2O3/c1-9(12(16)17)8-13-4-6-14(7-5-13)11(15)10-2-3-10/h9-10H,2-8H2,1H3,(H,16,17). The highest BCUT2D eigenvalue weighted by Gasteiger charge is 2.34. The van der Waals surface area contributed by atoms with Crippen molar-refractivity contribution in [2.24, 2.45) is 11.8 Å². The van der Waals surface area contributed by atoms with Gasteiger partial charge in [-0.1, -0.05) is 6.92 Å². The van der Waals surface area contributed by atoms with Gasteiger partial charge in [-0.2, -0.15) is 0 Å². The largest absolute Gasteiger partial charge is 0.481 e. The van der Waals surface area contributed by atoms with Crippen LogP contribution in [0.4, 0.5) is 0 Å². The smallest absolute Gasteiger partial charge is 0.307 e. The number of hydrogen-bond donors (Lipinski definition) is 1. The molecule has 1 atom stereocenters. The van der Waals surface area contributed by atoms with Crippen LogP contribution in [0.3, 0.4) is 0 Å². The van der Waals surface area contributed by atoms with Gasteiger partial charge in [-0.15, -0.1) is 0 Å². The van der Waals surface area contributed by atoms with Gasteiger partial charge in [0.15, 0.2) is 0 Å². The number of aliphatic carboxylic acids is 1. The second-order valence-corrected chi connectivity index (χ2v) is 5.14. The molecule has 5 nitrogen and oxygen atoms in total. The molecule has 1 heterocycles. The van der Waals surface area contributed by atoms with Crippen LogP contribution in [0.2, 0.25) is 0 Å². The first-order valence-corrected chi connectivity index (χ1v) is 6.32. The fourth-order valence-electron chi connectivity index (χ4n) is 2.20. The summed E-state index contributed by atoms with van der Waals surface area (Å²) < 4.78 is 0. The minimum absolute atomic E-state index is 0.291. The lowest BCUT2D eigenvalue weighted by molar-refractivity contribution is -0.142. The molecule has 1 amide bonds. The highest BCUT2D eigenvalue weighted by Crippen LogP contribution is 2.31. The van der Waals surface area contributed by atoms with Gasteiger partial charge in [-0.25, -0.2) is 0 Å². The van der Waals surface area contributed by atoms with Gasteiger partial charge in [0.05, 0.1) is 5.92 Å². The molecule has 1 N–H and O–H groups in total. The number of rotatable bonds is 4. The molecule has 2 rings (SSSR count). The van der Waals surface area contributed by atoms with E-state index < -0.39 is 5.97 Å². The molecular weight excluding hydrogens is 220 g/mol. The van der Waals surface area contributed by atoms with Gasteiger partial charge in [-0.05, 0) is 12.8 Å². The molecular formula is C12H20N2O3. The maximum atomic E-state index is 11.8. The van der Waals surface area contributed by atoms with Crippen molar-refractivity contribution in [3.8, 4) is 0 Å². The summed E-state index contributed by atoms with van der Waals surface area (Å²) in [7, 11) is 0. The molecule has 96 valence electrons. The average molecular weight is 240 g/mol. The second kappa shape index (κ2) is 5.04. The van der Waals surface area contributed by atoms with Crippen LogP contribution in [0.1, 0.15) is 19.8 Å². The van der Waals surface area contributed by atoms with Gasteiger partial charge in [0.2, 0.25) is 5.91 Å². The molecule has 1 saturated heterocycles. The maximum Gasteiger partial charge on any atom is 0.307 e. The molecule has 1 saturated carbocycles. The van der Waals surface area contributed by atoms with Crippen LogP contribution < -0.4 is 0 Å². The Bertz CT molecular complexity index is 307. The van der Waals surface area contributed by atoms with E-state index in [0.717, 1.165) is 39.0 Å². The monoisotopic (exact) mass is 240 g/mol. The number of carbonyl (C=O) groups excluding carboxylic acids is 1. The molecule has 0 bridgehead atoms. The van der Waals surface area contributed by atoms with Crippen molar-refractivity contribution in [2.45, 2.75) is 19.8 Å². The zero-order chi connectivity index (χ0) is 12.4. The van der Waals surface area contributed by atoms with E-state index in [-0.39, 0.29) is 5.92 Å². The number of hydrogen-bond acceptors (Lipinski definition) is 3. The first kappa shape index (κ1) is 12.4. The lowest BCUT2D eigenvalue weighted by Crippen LogP contribution is -2.50. The molecule has 0 aromatic carbocycles. The van der Waals surface area contributed by atoms with E-state index in [1.54, 1.807) is 6.92 Å². The predicted octanol–water partition coefficient (Wildman–Crippen LogP) is 0.261. The van der Waals surface area contributed by atoms with E-state index in [9.17, 15) is 9.59 Å². The quantitative estimate of drug-likeness (QED) is 0.766. The van der Waals surface area contributed by atoms with Crippen molar-refractivity contribution in [3.63, 3.8) is 0 Å². The normalized spacial score (nSPS) is 23.5. The highest BCUT2D eigenvalue weighted by atomic mass is 16.4. The van der Waals surface area contributed by atoms with Crippen LogP contribution in [-0.2, 0) is 9.59 Å². The first-order chi connectivity index (χ1) is 8.08. The van der Waals surface area contributed by atoms with Crippen LogP contribution in [0.5, 0.6) is 0 Å². The second-order valence-electron chi connectivity index (χ2n) is 5.14. The first-order valence-electron chi connectivity index (χ1n) is 6.32. The van der Waals surface area contributed by atoms with E-state index >= 15 is 0 Å². The Morgan fingerprint density at radius 2 is 1.82 bits per heavy atom. The number of carboxylic acids is 1. The summed E-state index contributed by atoms with van der Waals surface area (Å²) in [6.07, 6.45) is 2.10. The van der Waals surface area contributed by atoms with Gasteiger partial charge in [0.25, 0.3) is 0 Å². The fraction of sp³-hybridized carbons (Fsp3) is 0.833. The van der Waals surface area contributed by atoms with Crippen LogP contribution >= 0.6 is 0 Å². The summed E-state index contributed by atoms with van der Waals surface area (Å²) in [5, 5.41) is 8.84. The third-order valence-corrected chi connectivity index (χ3v) is 3.56. The zero-order valence-corrected chi connectivity index (χ0v) is 10.3. The lowest BCUT2D eigenvalue weighted by atomic mass is 10.1. The van der Waals surface area contributed by atoms with E-state index in [1.807, 2.05) is 4.90 Å². The van der Waals surface area contributed by atoms with Crippen LogP contribution in [0, 0.1) is 11.8 Å². The number of carbonyl (C=O) groups is 2. The van der Waals surface area contributed by atoms with Gasteiger partial charge in [0, 0.05) is 38.6 Å². The summed E-state index contributed by atoms with van der Waals surface area (Å²) in [5.74, 6) is -0.488. The van der Waals surface area contributed by atoms with E-state index in [4.69, 9.17) is 5.11 Å². The molecule has 2 fully saturated rings. The van der Waals surface area contributed by atoms with Gasteiger partial charge in [0.1, 0.15) is 0 Å². The lowest BCUT2D eigenvalue weighted by Gasteiger charge is -2.35. The van der Waals surface area contributed by atoms with Crippen LogP contribution in [-0.4, -0.2) is 59.5 Å². The Kier molecular flexibility index (Phi) is 3.66. The number of carboxylic acid groups (broad SMARTS) is 1. The molecule has 0 aromatic heterocycles. The van der Waals surface area contributed by atoms with Crippen molar-refractivity contribution < 1.29 is 14.7 Å². The third kappa shape index (κ3) is 3.19. The molecule has 0 aromatic rings. The summed E-state index contributed by atoms with van der Waals surface area (Å²) in [4.78, 5) is 26.6. The number of nitrogens with zero attached hydrogens (tertiary/aromatic N) is 2. The minimum atomic E-state index is -0.749. The van der Waals surface area contributed by atoms with Crippen LogP contribution in [0.25, 0.3) is 0 Å². The van der Waals surface area contributed by atoms with Gasteiger partial charge >= 0.3 is 5.97 Å². The van der Waals surface area contributed by atoms with Crippen molar-refractivity contribution in [3.05, 3.63) is 0 Å². The highest BCUT2D eigenvalue weighted by molar-refractivity contribution is 5.81. The Morgan fingerprint density at radius 3 is 2.29 bits per heavy atom. The molecule has 0 radical (unpaired) electrons. The molecule has 1 aliphatic carbocycles. The zero-order valence-electron chi connectivity index (χ0n) is 10.3. The number of amides is 1. The van der Waals surface area contributed by atoms with Crippen molar-refractivity contribution in [1.82, 2.24) is 9.80 Å². The Morgan fingerprint density at radius 1 is 1.24 bits per heavy atom. The fourth-order valence-corrected chi connectivity index (χ4v) is 2.20. The predicted molar refractivity (Wildman–Crippen MR) is 62.5 cm³/mol. The van der Waals surface area contributed by atoms with E-state index in [0.29, 0.717) is 18.4 Å². The summed E-state index contributed by atoms with van der Waals surface area (Å²) in [5.41, 5.74) is 0. The Hall–Kier alpha value is -1.10. The molecule has 1 aliphatic heterocycles. The molecule has 0 spiro atoms. The molecule has 5 heteroatoms. The van der Waals surface area contributed by atoms with Gasteiger partial charge in [-0.3, -0.25) is 14.5 Å². The minimum Gasteiger partial charge on any atom is -0.481 e. The van der Waals surface area contributed by atoms with E-state index in [1.165, 1.54) is 0 Å². The third-order valence-electron chi connectivity index (χ3n) is 3.56. The van der Waals surface area contributed by atoms with Crippen LogP contribution in [0.15, 0.2) is 0 Å². The summed E-state index contributed by atoms with van der Waals surface area (Å²) in [6.45, 7) is 5.42. The Balaban J connectivity index is 1.73. The Labute approximate surface area is 101 Å². The summed E-state index contributed by atoms with van der Waals surface area (Å²) >= 11 is 0. The average Bonchev–Trinajstić information content (AvgIpc) is 3.13. The van der Waals surface area contributed by atoms with E-state index in [2.05, 4.69) is 4.90 Å². The number of piperazine rings is 1. The molecule has 17 heavy (non-hydrogen) atoms. The van der Waals surface area contributed by atoms with Crippen molar-refractivity contribution >= 4 is 11.9 Å². The summed E-state index contributed by atoms with van der Waals surface area (Å²) in [6, 6.07) is 0. The molecule has 2 aliphatic rings. The van der Waals surface area contributed by atoms with Crippen molar-refractivity contribution in [1.29, 1.82) is 0 Å². The maximum absolute atomic E-state index is 11.8.